The summed E-state index contributed by atoms with van der Waals surface area (Å²) in [5.41, 5.74) is 2.61. The number of methoxy groups -OCH3 is 2. The molecule has 3 aliphatic heterocycles. The van der Waals surface area contributed by atoms with E-state index in [2.05, 4.69) is 16.8 Å². The summed E-state index contributed by atoms with van der Waals surface area (Å²) >= 11 is 0. The van der Waals surface area contributed by atoms with Crippen LogP contribution in [0.25, 0.3) is 0 Å². The zero-order valence-electron chi connectivity index (χ0n) is 19.8. The van der Waals surface area contributed by atoms with Crippen LogP contribution in [0.1, 0.15) is 23.6 Å². The lowest BCUT2D eigenvalue weighted by atomic mass is 9.97. The number of fused-ring (bicyclic) bond motifs is 1. The second kappa shape index (κ2) is 9.52. The van der Waals surface area contributed by atoms with Crippen LogP contribution in [0.3, 0.4) is 0 Å². The van der Waals surface area contributed by atoms with E-state index in [1.165, 1.54) is 0 Å². The van der Waals surface area contributed by atoms with Crippen molar-refractivity contribution in [2.24, 2.45) is 5.10 Å². The standard InChI is InChI=1S/C25H30N4O5/c1-27-8-10-28(11-9-27)15-25(30)29-21(17-4-7-22-24(12-17)34-16-33-22)14-20(26-29)19-6-5-18(31-2)13-23(19)32-3/h4-7,12-13,21H,8-11,14-16H2,1-3H3. The van der Waals surface area contributed by atoms with Crippen molar-refractivity contribution in [3.05, 3.63) is 47.5 Å². The van der Waals surface area contributed by atoms with E-state index in [9.17, 15) is 4.79 Å². The summed E-state index contributed by atoms with van der Waals surface area (Å²) < 4.78 is 22.0. The van der Waals surface area contributed by atoms with Gasteiger partial charge >= 0.3 is 0 Å². The third-order valence-corrected chi connectivity index (χ3v) is 6.62. The molecule has 3 aliphatic rings. The van der Waals surface area contributed by atoms with Gasteiger partial charge in [0.1, 0.15) is 11.5 Å². The summed E-state index contributed by atoms with van der Waals surface area (Å²) in [5, 5.41) is 6.46. The highest BCUT2D eigenvalue weighted by Crippen LogP contribution is 2.40. The Morgan fingerprint density at radius 3 is 2.59 bits per heavy atom. The number of amides is 1. The smallest absolute Gasteiger partial charge is 0.257 e. The minimum absolute atomic E-state index is 0.0188. The molecular weight excluding hydrogens is 436 g/mol. The first-order chi connectivity index (χ1) is 16.6. The number of nitrogens with zero attached hydrogens (tertiary/aromatic N) is 4. The van der Waals surface area contributed by atoms with Crippen molar-refractivity contribution in [3.63, 3.8) is 0 Å². The number of ether oxygens (including phenoxy) is 4. The largest absolute Gasteiger partial charge is 0.497 e. The Bertz CT molecular complexity index is 1100. The van der Waals surface area contributed by atoms with Gasteiger partial charge in [0.2, 0.25) is 6.79 Å². The molecule has 0 aromatic heterocycles. The summed E-state index contributed by atoms with van der Waals surface area (Å²) in [6, 6.07) is 11.2. The number of hydrazone groups is 1. The van der Waals surface area contributed by atoms with Gasteiger partial charge in [-0.3, -0.25) is 9.69 Å². The first-order valence-corrected chi connectivity index (χ1v) is 11.5. The monoisotopic (exact) mass is 466 g/mol. The summed E-state index contributed by atoms with van der Waals surface area (Å²) in [6.07, 6.45) is 0.566. The van der Waals surface area contributed by atoms with E-state index in [4.69, 9.17) is 24.0 Å². The second-order valence-electron chi connectivity index (χ2n) is 8.76. The maximum Gasteiger partial charge on any atom is 0.257 e. The van der Waals surface area contributed by atoms with E-state index in [-0.39, 0.29) is 18.7 Å². The molecule has 1 unspecified atom stereocenters. The van der Waals surface area contributed by atoms with Gasteiger partial charge in [0.05, 0.1) is 32.5 Å². The Kier molecular flexibility index (Phi) is 6.30. The molecule has 1 amide bonds. The quantitative estimate of drug-likeness (QED) is 0.647. The van der Waals surface area contributed by atoms with Crippen molar-refractivity contribution in [2.75, 3.05) is 60.8 Å². The number of carbonyl (C=O) groups excluding carboxylic acids is 1. The lowest BCUT2D eigenvalue weighted by molar-refractivity contribution is -0.134. The number of likely N-dealkylation sites (N-methyl/N-ethyl adjacent to an activating group) is 1. The van der Waals surface area contributed by atoms with Crippen LogP contribution in [0.5, 0.6) is 23.0 Å². The molecule has 0 saturated carbocycles. The highest BCUT2D eigenvalue weighted by molar-refractivity contribution is 6.05. The molecular formula is C25H30N4O5. The Morgan fingerprint density at radius 1 is 1.03 bits per heavy atom. The van der Waals surface area contributed by atoms with Crippen LogP contribution in [0, 0.1) is 0 Å². The predicted octanol–water partition coefficient (Wildman–Crippen LogP) is 2.36. The van der Waals surface area contributed by atoms with Crippen LogP contribution >= 0.6 is 0 Å². The molecule has 34 heavy (non-hydrogen) atoms. The molecule has 0 spiro atoms. The first-order valence-electron chi connectivity index (χ1n) is 11.5. The van der Waals surface area contributed by atoms with Crippen LogP contribution in [0.4, 0.5) is 0 Å². The third kappa shape index (κ3) is 4.41. The molecule has 0 N–H and O–H groups in total. The highest BCUT2D eigenvalue weighted by Gasteiger charge is 2.35. The molecule has 2 aromatic rings. The van der Waals surface area contributed by atoms with Gasteiger partial charge in [-0.2, -0.15) is 5.10 Å². The number of hydrogen-bond donors (Lipinski definition) is 0. The molecule has 9 nitrogen and oxygen atoms in total. The SMILES string of the molecule is COc1ccc(C2=NN(C(=O)CN3CCN(C)CC3)C(c3ccc4c(c3)OCO4)C2)c(OC)c1. The Labute approximate surface area is 199 Å². The lowest BCUT2D eigenvalue weighted by Gasteiger charge is -2.33. The Hall–Kier alpha value is -3.30. The molecule has 2 aromatic carbocycles. The van der Waals surface area contributed by atoms with E-state index in [0.29, 0.717) is 30.2 Å². The molecule has 0 radical (unpaired) electrons. The van der Waals surface area contributed by atoms with E-state index >= 15 is 0 Å². The first kappa shape index (κ1) is 22.5. The number of carbonyl (C=O) groups is 1. The molecule has 1 atom stereocenters. The van der Waals surface area contributed by atoms with E-state index in [1.54, 1.807) is 19.2 Å². The van der Waals surface area contributed by atoms with Crippen LogP contribution in [0.15, 0.2) is 41.5 Å². The predicted molar refractivity (Wildman–Crippen MR) is 127 cm³/mol. The Balaban J connectivity index is 1.45. The molecule has 5 rings (SSSR count). The molecule has 0 bridgehead atoms. The van der Waals surface area contributed by atoms with E-state index < -0.39 is 0 Å². The van der Waals surface area contributed by atoms with Gasteiger partial charge < -0.3 is 23.8 Å². The fraction of sp³-hybridized carbons (Fsp3) is 0.440. The average Bonchev–Trinajstić information content (AvgIpc) is 3.52. The summed E-state index contributed by atoms with van der Waals surface area (Å²) in [4.78, 5) is 18.0. The van der Waals surface area contributed by atoms with Crippen molar-refractivity contribution in [2.45, 2.75) is 12.5 Å². The fourth-order valence-electron chi connectivity index (χ4n) is 4.59. The summed E-state index contributed by atoms with van der Waals surface area (Å²) in [6.45, 7) is 4.19. The van der Waals surface area contributed by atoms with Gasteiger partial charge in [0.25, 0.3) is 5.91 Å². The highest BCUT2D eigenvalue weighted by atomic mass is 16.7. The minimum Gasteiger partial charge on any atom is -0.497 e. The molecule has 3 heterocycles. The van der Waals surface area contributed by atoms with E-state index in [1.807, 2.05) is 36.4 Å². The van der Waals surface area contributed by atoms with Crippen molar-refractivity contribution < 1.29 is 23.7 Å². The van der Waals surface area contributed by atoms with Gasteiger partial charge in [-0.25, -0.2) is 5.01 Å². The summed E-state index contributed by atoms with van der Waals surface area (Å²) in [5.74, 6) is 2.76. The zero-order chi connectivity index (χ0) is 23.7. The molecule has 9 heteroatoms. The van der Waals surface area contributed by atoms with Crippen molar-refractivity contribution >= 4 is 11.6 Å². The van der Waals surface area contributed by atoms with Crippen LogP contribution in [-0.4, -0.2) is 87.2 Å². The van der Waals surface area contributed by atoms with Gasteiger partial charge in [-0.05, 0) is 36.9 Å². The van der Waals surface area contributed by atoms with Gasteiger partial charge in [0.15, 0.2) is 11.5 Å². The Morgan fingerprint density at radius 2 is 1.82 bits per heavy atom. The topological polar surface area (TPSA) is 76.1 Å². The zero-order valence-corrected chi connectivity index (χ0v) is 19.8. The van der Waals surface area contributed by atoms with Crippen LogP contribution in [0.2, 0.25) is 0 Å². The van der Waals surface area contributed by atoms with Crippen LogP contribution in [-0.2, 0) is 4.79 Å². The maximum atomic E-state index is 13.5. The fourth-order valence-corrected chi connectivity index (χ4v) is 4.59. The average molecular weight is 467 g/mol. The molecule has 180 valence electrons. The van der Waals surface area contributed by atoms with Gasteiger partial charge in [0, 0.05) is 44.2 Å². The molecule has 1 fully saturated rings. The molecule has 1 saturated heterocycles. The van der Waals surface area contributed by atoms with Crippen molar-refractivity contribution in [1.29, 1.82) is 0 Å². The molecule has 0 aliphatic carbocycles. The maximum absolute atomic E-state index is 13.5. The van der Waals surface area contributed by atoms with E-state index in [0.717, 1.165) is 48.8 Å². The summed E-state index contributed by atoms with van der Waals surface area (Å²) in [7, 11) is 5.35. The minimum atomic E-state index is -0.240. The van der Waals surface area contributed by atoms with Crippen LogP contribution < -0.4 is 18.9 Å². The lowest BCUT2D eigenvalue weighted by Crippen LogP contribution is -2.48. The second-order valence-corrected chi connectivity index (χ2v) is 8.76. The van der Waals surface area contributed by atoms with Gasteiger partial charge in [-0.1, -0.05) is 6.07 Å². The van der Waals surface area contributed by atoms with Crippen molar-refractivity contribution in [1.82, 2.24) is 14.8 Å². The van der Waals surface area contributed by atoms with Gasteiger partial charge in [-0.15, -0.1) is 0 Å². The number of benzene rings is 2. The normalized spacial score (nSPS) is 20.4. The van der Waals surface area contributed by atoms with Crippen molar-refractivity contribution in [3.8, 4) is 23.0 Å². The number of hydrogen-bond acceptors (Lipinski definition) is 8. The number of rotatable bonds is 6. The third-order valence-electron chi connectivity index (χ3n) is 6.62. The number of piperazine rings is 1.